The molecule has 0 fully saturated rings. The molecule has 3 aromatic rings. The van der Waals surface area contributed by atoms with Crippen LogP contribution in [0, 0.1) is 0 Å². The number of ether oxygens (including phenoxy) is 1. The summed E-state index contributed by atoms with van der Waals surface area (Å²) in [7, 11) is 0. The number of carboxylic acids is 1. The summed E-state index contributed by atoms with van der Waals surface area (Å²) in [6.07, 6.45) is 1.47. The molecule has 0 aliphatic rings. The number of aromatic nitrogens is 1. The Balaban J connectivity index is 2.22. The molecule has 5 nitrogen and oxygen atoms in total. The second kappa shape index (κ2) is 8.27. The highest BCUT2D eigenvalue weighted by atomic mass is 35.5. The van der Waals surface area contributed by atoms with Gasteiger partial charge >= 0.3 is 5.97 Å². The topological polar surface area (TPSA) is 68.5 Å². The molecule has 144 valence electrons. The molecule has 0 radical (unpaired) electrons. The van der Waals surface area contributed by atoms with Crippen LogP contribution in [0.2, 0.25) is 15.1 Å². The molecule has 0 saturated carbocycles. The second-order valence-electron chi connectivity index (χ2n) is 5.82. The summed E-state index contributed by atoms with van der Waals surface area (Å²) < 4.78 is 7.25. The average molecular weight is 439 g/mol. The Hall–Kier alpha value is -2.47. The third-order valence-electron chi connectivity index (χ3n) is 4.04. The molecule has 0 saturated heterocycles. The van der Waals surface area contributed by atoms with Crippen LogP contribution in [0.25, 0.3) is 11.3 Å². The Morgan fingerprint density at radius 1 is 1.07 bits per heavy atom. The summed E-state index contributed by atoms with van der Waals surface area (Å²) in [4.78, 5) is 24.8. The molecule has 0 aliphatic heterocycles. The molecule has 3 rings (SSSR count). The first-order valence-electron chi connectivity index (χ1n) is 8.21. The number of pyridine rings is 1. The summed E-state index contributed by atoms with van der Waals surface area (Å²) in [5, 5.41) is 10.8. The number of aryl methyl sites for hydroxylation is 1. The van der Waals surface area contributed by atoms with E-state index in [9.17, 15) is 14.7 Å². The molecular weight excluding hydrogens is 425 g/mol. The number of hydrogen-bond acceptors (Lipinski definition) is 3. The molecule has 1 heterocycles. The number of benzene rings is 2. The van der Waals surface area contributed by atoms with Crippen LogP contribution >= 0.6 is 34.8 Å². The Morgan fingerprint density at radius 2 is 1.75 bits per heavy atom. The van der Waals surface area contributed by atoms with Gasteiger partial charge in [0.2, 0.25) is 5.43 Å². The minimum atomic E-state index is -1.37. The van der Waals surface area contributed by atoms with Gasteiger partial charge < -0.3 is 14.4 Å². The monoisotopic (exact) mass is 437 g/mol. The largest absolute Gasteiger partial charge is 0.477 e. The van der Waals surface area contributed by atoms with Crippen molar-refractivity contribution >= 4 is 40.8 Å². The highest BCUT2D eigenvalue weighted by Crippen LogP contribution is 2.31. The molecule has 0 unspecified atom stereocenters. The van der Waals surface area contributed by atoms with E-state index < -0.39 is 17.0 Å². The van der Waals surface area contributed by atoms with E-state index in [1.54, 1.807) is 41.0 Å². The van der Waals surface area contributed by atoms with Gasteiger partial charge in [-0.05, 0) is 43.3 Å². The fourth-order valence-corrected chi connectivity index (χ4v) is 3.17. The Bertz CT molecular complexity index is 1110. The zero-order valence-corrected chi connectivity index (χ0v) is 16.8. The fourth-order valence-electron chi connectivity index (χ4n) is 2.74. The molecule has 0 spiro atoms. The van der Waals surface area contributed by atoms with Crippen LogP contribution in [0.15, 0.2) is 53.5 Å². The van der Waals surface area contributed by atoms with Crippen molar-refractivity contribution in [3.63, 3.8) is 0 Å². The number of aromatic carboxylic acids is 1. The van der Waals surface area contributed by atoms with E-state index in [0.717, 1.165) is 0 Å². The van der Waals surface area contributed by atoms with Gasteiger partial charge in [0.25, 0.3) is 0 Å². The van der Waals surface area contributed by atoms with Crippen LogP contribution in [0.1, 0.15) is 17.3 Å². The molecular formula is C20H14Cl3NO4. The molecule has 0 atom stereocenters. The van der Waals surface area contributed by atoms with Crippen molar-refractivity contribution in [1.82, 2.24) is 4.57 Å². The van der Waals surface area contributed by atoms with Crippen LogP contribution in [-0.4, -0.2) is 15.6 Å². The van der Waals surface area contributed by atoms with Crippen LogP contribution in [0.3, 0.4) is 0 Å². The number of nitrogens with zero attached hydrogens (tertiary/aromatic N) is 1. The van der Waals surface area contributed by atoms with Gasteiger partial charge in [-0.3, -0.25) is 4.79 Å². The highest BCUT2D eigenvalue weighted by molar-refractivity contribution is 6.42. The molecule has 8 heteroatoms. The summed E-state index contributed by atoms with van der Waals surface area (Å²) in [6.45, 7) is 2.22. The predicted molar refractivity (Wildman–Crippen MR) is 110 cm³/mol. The molecule has 28 heavy (non-hydrogen) atoms. The van der Waals surface area contributed by atoms with E-state index in [4.69, 9.17) is 39.5 Å². The van der Waals surface area contributed by atoms with Crippen molar-refractivity contribution in [3.05, 3.63) is 79.5 Å². The maximum absolute atomic E-state index is 12.9. The first-order chi connectivity index (χ1) is 13.3. The normalized spacial score (nSPS) is 10.7. The Labute approximate surface area is 175 Å². The molecule has 1 aromatic heterocycles. The predicted octanol–water partition coefficient (Wildman–Crippen LogP) is 5.99. The summed E-state index contributed by atoms with van der Waals surface area (Å²) in [5.41, 5.74) is -0.467. The van der Waals surface area contributed by atoms with Gasteiger partial charge in [0.1, 0.15) is 11.3 Å². The zero-order chi connectivity index (χ0) is 20.4. The minimum Gasteiger partial charge on any atom is -0.477 e. The van der Waals surface area contributed by atoms with E-state index >= 15 is 0 Å². The van der Waals surface area contributed by atoms with E-state index in [-0.39, 0.29) is 16.5 Å². The molecule has 0 amide bonds. The lowest BCUT2D eigenvalue weighted by atomic mass is 10.0. The van der Waals surface area contributed by atoms with Gasteiger partial charge in [-0.25, -0.2) is 4.79 Å². The van der Waals surface area contributed by atoms with E-state index in [0.29, 0.717) is 27.9 Å². The van der Waals surface area contributed by atoms with E-state index in [1.807, 2.05) is 6.92 Å². The van der Waals surface area contributed by atoms with Crippen molar-refractivity contribution in [1.29, 1.82) is 0 Å². The van der Waals surface area contributed by atoms with Gasteiger partial charge in [0.15, 0.2) is 5.75 Å². The van der Waals surface area contributed by atoms with Gasteiger partial charge in [0, 0.05) is 17.1 Å². The maximum Gasteiger partial charge on any atom is 0.342 e. The van der Waals surface area contributed by atoms with Crippen LogP contribution in [0.5, 0.6) is 11.5 Å². The quantitative estimate of drug-likeness (QED) is 0.531. The van der Waals surface area contributed by atoms with Crippen LogP contribution in [-0.2, 0) is 6.54 Å². The average Bonchev–Trinajstić information content (AvgIpc) is 2.66. The van der Waals surface area contributed by atoms with Gasteiger partial charge in [-0.15, -0.1) is 0 Å². The Kier molecular flexibility index (Phi) is 5.98. The standard InChI is InChI=1S/C20H14Cl3NO4/c1-2-24-10-16(28-13-6-4-12(21)5-7-13)19(25)17(20(26)27)18(24)11-3-8-14(22)15(23)9-11/h3-10H,2H2,1H3,(H,26,27). The second-order valence-corrected chi connectivity index (χ2v) is 7.07. The van der Waals surface area contributed by atoms with Gasteiger partial charge in [-0.1, -0.05) is 40.9 Å². The first-order valence-corrected chi connectivity index (χ1v) is 9.34. The first kappa shape index (κ1) is 20.3. The van der Waals surface area contributed by atoms with Crippen molar-refractivity contribution in [2.45, 2.75) is 13.5 Å². The van der Waals surface area contributed by atoms with Crippen molar-refractivity contribution in [3.8, 4) is 22.8 Å². The highest BCUT2D eigenvalue weighted by Gasteiger charge is 2.23. The number of rotatable bonds is 5. The summed E-state index contributed by atoms with van der Waals surface area (Å²) in [5.74, 6) is -1.11. The summed E-state index contributed by atoms with van der Waals surface area (Å²) >= 11 is 17.9. The lowest BCUT2D eigenvalue weighted by molar-refractivity contribution is 0.0695. The van der Waals surface area contributed by atoms with Crippen molar-refractivity contribution in [2.75, 3.05) is 0 Å². The van der Waals surface area contributed by atoms with Gasteiger partial charge in [-0.2, -0.15) is 0 Å². The Morgan fingerprint density at radius 3 is 2.32 bits per heavy atom. The SMILES string of the molecule is CCn1cc(Oc2ccc(Cl)cc2)c(=O)c(C(=O)O)c1-c1ccc(Cl)c(Cl)c1. The van der Waals surface area contributed by atoms with Crippen LogP contribution in [0.4, 0.5) is 0 Å². The number of carboxylic acid groups (broad SMARTS) is 1. The molecule has 0 aliphatic carbocycles. The zero-order valence-electron chi connectivity index (χ0n) is 14.6. The van der Waals surface area contributed by atoms with Crippen molar-refractivity contribution < 1.29 is 14.6 Å². The third kappa shape index (κ3) is 4.02. The van der Waals surface area contributed by atoms with E-state index in [1.165, 1.54) is 12.3 Å². The van der Waals surface area contributed by atoms with Gasteiger partial charge in [0.05, 0.1) is 21.9 Å². The minimum absolute atomic E-state index is 0.106. The van der Waals surface area contributed by atoms with Crippen molar-refractivity contribution in [2.24, 2.45) is 0 Å². The lowest BCUT2D eigenvalue weighted by Gasteiger charge is -2.17. The smallest absolute Gasteiger partial charge is 0.342 e. The molecule has 2 aromatic carbocycles. The number of halogens is 3. The lowest BCUT2D eigenvalue weighted by Crippen LogP contribution is -2.22. The molecule has 1 N–H and O–H groups in total. The van der Waals surface area contributed by atoms with Crippen LogP contribution < -0.4 is 10.2 Å². The third-order valence-corrected chi connectivity index (χ3v) is 5.03. The maximum atomic E-state index is 12.9. The number of hydrogen-bond donors (Lipinski definition) is 1. The molecule has 0 bridgehead atoms. The fraction of sp³-hybridized carbons (Fsp3) is 0.100. The van der Waals surface area contributed by atoms with E-state index in [2.05, 4.69) is 0 Å². The number of carbonyl (C=O) groups is 1. The summed E-state index contributed by atoms with van der Waals surface area (Å²) in [6, 6.07) is 11.1.